The van der Waals surface area contributed by atoms with Gasteiger partial charge in [0.25, 0.3) is 0 Å². The van der Waals surface area contributed by atoms with Gasteiger partial charge in [-0.05, 0) is 12.1 Å². The number of carbonyl (C=O) groups is 1. The highest BCUT2D eigenvalue weighted by Crippen LogP contribution is 2.26. The van der Waals surface area contributed by atoms with Crippen LogP contribution in [0.2, 0.25) is 0 Å². The van der Waals surface area contributed by atoms with Gasteiger partial charge in [0.1, 0.15) is 23.2 Å². The van der Waals surface area contributed by atoms with Crippen LogP contribution in [0.3, 0.4) is 0 Å². The van der Waals surface area contributed by atoms with Crippen molar-refractivity contribution in [3.05, 3.63) is 58.7 Å². The molecule has 7 heteroatoms. The molecule has 0 radical (unpaired) electrons. The number of methoxy groups -OCH3 is 1. The molecule has 0 aliphatic heterocycles. The zero-order chi connectivity index (χ0) is 15.7. The van der Waals surface area contributed by atoms with Gasteiger partial charge in [0.15, 0.2) is 5.82 Å². The Kier molecular flexibility index (Phi) is 3.84. The van der Waals surface area contributed by atoms with Crippen LogP contribution in [0.15, 0.2) is 24.3 Å². The number of ether oxygens (including phenoxy) is 1. The maximum absolute atomic E-state index is 13.8. The van der Waals surface area contributed by atoms with Crippen LogP contribution in [0.25, 0.3) is 0 Å². The molecule has 0 fully saturated rings. The summed E-state index contributed by atoms with van der Waals surface area (Å²) >= 11 is 0. The molecule has 21 heavy (non-hydrogen) atoms. The molecule has 0 heterocycles. The molecular formula is C14H9F4NO2. The van der Waals surface area contributed by atoms with E-state index in [0.717, 1.165) is 24.3 Å². The fourth-order valence-corrected chi connectivity index (χ4v) is 1.79. The van der Waals surface area contributed by atoms with Crippen molar-refractivity contribution in [3.63, 3.8) is 0 Å². The predicted octanol–water partition coefficient (Wildman–Crippen LogP) is 3.06. The van der Waals surface area contributed by atoms with Crippen LogP contribution < -0.4 is 10.5 Å². The monoisotopic (exact) mass is 299 g/mol. The van der Waals surface area contributed by atoms with E-state index in [2.05, 4.69) is 4.74 Å². The van der Waals surface area contributed by atoms with E-state index >= 15 is 0 Å². The maximum Gasteiger partial charge on any atom is 0.204 e. The number of nitrogen functional groups attached to an aromatic ring is 1. The van der Waals surface area contributed by atoms with E-state index < -0.39 is 45.9 Å². The largest absolute Gasteiger partial charge is 0.497 e. The van der Waals surface area contributed by atoms with Gasteiger partial charge in [-0.1, -0.05) is 0 Å². The number of anilines is 1. The Balaban J connectivity index is 2.64. The Bertz CT molecular complexity index is 708. The molecule has 0 aliphatic rings. The van der Waals surface area contributed by atoms with Crippen molar-refractivity contribution in [2.24, 2.45) is 0 Å². The fraction of sp³-hybridized carbons (Fsp3) is 0.0714. The van der Waals surface area contributed by atoms with Crippen LogP contribution in [0.5, 0.6) is 5.75 Å². The topological polar surface area (TPSA) is 52.3 Å². The first-order chi connectivity index (χ1) is 9.86. The first-order valence-electron chi connectivity index (χ1n) is 5.68. The first-order valence-corrected chi connectivity index (χ1v) is 5.68. The summed E-state index contributed by atoms with van der Waals surface area (Å²) in [6.45, 7) is 0. The molecule has 0 atom stereocenters. The van der Waals surface area contributed by atoms with Crippen LogP contribution in [0.4, 0.5) is 23.2 Å². The highest BCUT2D eigenvalue weighted by molar-refractivity contribution is 6.10. The zero-order valence-corrected chi connectivity index (χ0v) is 10.7. The van der Waals surface area contributed by atoms with Gasteiger partial charge in [-0.3, -0.25) is 4.79 Å². The number of rotatable bonds is 3. The summed E-state index contributed by atoms with van der Waals surface area (Å²) in [6.07, 6.45) is 0. The SMILES string of the molecule is COc1cc(F)c(C(=O)c2c(F)ccc(N)c2F)c(F)c1. The average Bonchev–Trinajstić information content (AvgIpc) is 2.42. The minimum Gasteiger partial charge on any atom is -0.497 e. The highest BCUT2D eigenvalue weighted by atomic mass is 19.1. The predicted molar refractivity (Wildman–Crippen MR) is 67.1 cm³/mol. The lowest BCUT2D eigenvalue weighted by molar-refractivity contribution is 0.102. The number of benzene rings is 2. The second-order valence-electron chi connectivity index (χ2n) is 4.12. The van der Waals surface area contributed by atoms with Crippen LogP contribution in [0, 0.1) is 23.3 Å². The second kappa shape index (κ2) is 5.43. The summed E-state index contributed by atoms with van der Waals surface area (Å²) in [4.78, 5) is 12.0. The van der Waals surface area contributed by atoms with Crippen molar-refractivity contribution in [2.75, 3.05) is 12.8 Å². The summed E-state index contributed by atoms with van der Waals surface area (Å²) in [5.74, 6) is -6.86. The third kappa shape index (κ3) is 2.54. The van der Waals surface area contributed by atoms with E-state index in [-0.39, 0.29) is 5.75 Å². The first kappa shape index (κ1) is 14.8. The Morgan fingerprint density at radius 2 is 1.57 bits per heavy atom. The van der Waals surface area contributed by atoms with E-state index in [1.165, 1.54) is 7.11 Å². The second-order valence-corrected chi connectivity index (χ2v) is 4.12. The quantitative estimate of drug-likeness (QED) is 0.538. The molecule has 0 unspecified atom stereocenters. The van der Waals surface area contributed by atoms with Gasteiger partial charge < -0.3 is 10.5 Å². The van der Waals surface area contributed by atoms with Gasteiger partial charge in [-0.15, -0.1) is 0 Å². The average molecular weight is 299 g/mol. The number of halogens is 4. The Hall–Kier alpha value is -2.57. The summed E-state index contributed by atoms with van der Waals surface area (Å²) < 4.78 is 59.5. The molecule has 2 aromatic rings. The van der Waals surface area contributed by atoms with E-state index in [9.17, 15) is 22.4 Å². The smallest absolute Gasteiger partial charge is 0.204 e. The van der Waals surface area contributed by atoms with Crippen molar-refractivity contribution < 1.29 is 27.1 Å². The van der Waals surface area contributed by atoms with E-state index in [4.69, 9.17) is 5.73 Å². The number of ketones is 1. The third-order valence-corrected chi connectivity index (χ3v) is 2.83. The van der Waals surface area contributed by atoms with E-state index in [1.807, 2.05) is 0 Å². The van der Waals surface area contributed by atoms with Gasteiger partial charge in [0, 0.05) is 12.1 Å². The molecule has 110 valence electrons. The summed E-state index contributed by atoms with van der Waals surface area (Å²) in [7, 11) is 1.17. The molecule has 2 aromatic carbocycles. The molecule has 0 bridgehead atoms. The van der Waals surface area contributed by atoms with Crippen molar-refractivity contribution in [1.82, 2.24) is 0 Å². The molecule has 0 spiro atoms. The zero-order valence-electron chi connectivity index (χ0n) is 10.7. The van der Waals surface area contributed by atoms with Gasteiger partial charge in [-0.25, -0.2) is 17.6 Å². The van der Waals surface area contributed by atoms with E-state index in [1.54, 1.807) is 0 Å². The third-order valence-electron chi connectivity index (χ3n) is 2.83. The molecular weight excluding hydrogens is 290 g/mol. The van der Waals surface area contributed by atoms with Crippen molar-refractivity contribution in [1.29, 1.82) is 0 Å². The lowest BCUT2D eigenvalue weighted by Gasteiger charge is -2.09. The molecule has 2 rings (SSSR count). The number of carbonyl (C=O) groups excluding carboxylic acids is 1. The molecule has 2 N–H and O–H groups in total. The number of nitrogens with two attached hydrogens (primary N) is 1. The van der Waals surface area contributed by atoms with Crippen molar-refractivity contribution in [2.45, 2.75) is 0 Å². The van der Waals surface area contributed by atoms with Crippen LogP contribution >= 0.6 is 0 Å². The number of hydrogen-bond donors (Lipinski definition) is 1. The Morgan fingerprint density at radius 1 is 1.00 bits per heavy atom. The summed E-state index contributed by atoms with van der Waals surface area (Å²) in [5, 5.41) is 0. The Labute approximate surface area is 116 Å². The maximum atomic E-state index is 13.8. The van der Waals surface area contributed by atoms with Gasteiger partial charge in [-0.2, -0.15) is 0 Å². The molecule has 3 nitrogen and oxygen atoms in total. The summed E-state index contributed by atoms with van der Waals surface area (Å²) in [5.41, 5.74) is 2.52. The lowest BCUT2D eigenvalue weighted by atomic mass is 10.0. The van der Waals surface area contributed by atoms with Crippen molar-refractivity contribution in [3.8, 4) is 5.75 Å². The molecule has 0 aromatic heterocycles. The molecule has 0 saturated carbocycles. The van der Waals surface area contributed by atoms with Crippen LogP contribution in [-0.2, 0) is 0 Å². The van der Waals surface area contributed by atoms with Crippen molar-refractivity contribution >= 4 is 11.5 Å². The summed E-state index contributed by atoms with van der Waals surface area (Å²) in [6, 6.07) is 3.12. The van der Waals surface area contributed by atoms with Gasteiger partial charge >= 0.3 is 0 Å². The molecule has 0 aliphatic carbocycles. The highest BCUT2D eigenvalue weighted by Gasteiger charge is 2.26. The van der Waals surface area contributed by atoms with Gasteiger partial charge in [0.05, 0.1) is 23.9 Å². The Morgan fingerprint density at radius 3 is 2.10 bits per heavy atom. The minimum atomic E-state index is -1.48. The lowest BCUT2D eigenvalue weighted by Crippen LogP contribution is -2.13. The normalized spacial score (nSPS) is 10.5. The fourth-order valence-electron chi connectivity index (χ4n) is 1.79. The van der Waals surface area contributed by atoms with Gasteiger partial charge in [0.2, 0.25) is 5.78 Å². The number of hydrogen-bond acceptors (Lipinski definition) is 3. The standard InChI is InChI=1S/C14H9F4NO2/c1-21-6-4-8(16)11(9(17)5-6)14(20)12-7(15)2-3-10(19)13(12)18/h2-5H,19H2,1H3. The minimum absolute atomic E-state index is 0.171. The molecule has 0 amide bonds. The molecule has 0 saturated heterocycles. The van der Waals surface area contributed by atoms with E-state index in [0.29, 0.717) is 0 Å². The van der Waals surface area contributed by atoms with Crippen LogP contribution in [0.1, 0.15) is 15.9 Å². The van der Waals surface area contributed by atoms with Crippen LogP contribution in [-0.4, -0.2) is 12.9 Å².